The van der Waals surface area contributed by atoms with Gasteiger partial charge in [-0.1, -0.05) is 25.9 Å². The van der Waals surface area contributed by atoms with E-state index in [1.165, 1.54) is 5.56 Å². The maximum absolute atomic E-state index is 5.00. The number of rotatable bonds is 0. The topological polar surface area (TPSA) is 38.1 Å². The highest BCUT2D eigenvalue weighted by Crippen LogP contribution is 2.37. The molecule has 0 bridgehead atoms. The highest BCUT2D eigenvalue weighted by atomic mass is 16.5. The number of hydrogen-bond acceptors (Lipinski definition) is 3. The lowest BCUT2D eigenvalue weighted by molar-refractivity contribution is 0.282. The summed E-state index contributed by atoms with van der Waals surface area (Å²) < 4.78 is 5.00. The first-order valence-electron chi connectivity index (χ1n) is 4.73. The Morgan fingerprint density at radius 2 is 2.31 bits per heavy atom. The summed E-state index contributed by atoms with van der Waals surface area (Å²) in [7, 11) is 0. The molecule has 13 heavy (non-hydrogen) atoms. The minimum Gasteiger partial charge on any atom is -0.364 e. The molecular weight excluding hydrogens is 164 g/mol. The van der Waals surface area contributed by atoms with Gasteiger partial charge in [0.2, 0.25) is 0 Å². The molecule has 0 aromatic carbocycles. The quantitative estimate of drug-likeness (QED) is 0.662. The van der Waals surface area contributed by atoms with Crippen molar-refractivity contribution in [3.63, 3.8) is 0 Å². The van der Waals surface area contributed by atoms with Crippen LogP contribution in [0.15, 0.2) is 10.8 Å². The van der Waals surface area contributed by atoms with Crippen molar-refractivity contribution >= 4 is 0 Å². The van der Waals surface area contributed by atoms with Crippen LogP contribution in [0.25, 0.3) is 0 Å². The maximum Gasteiger partial charge on any atom is 0.128 e. The molecule has 1 atom stereocenters. The van der Waals surface area contributed by atoms with Crippen molar-refractivity contribution in [1.82, 2.24) is 10.5 Å². The average molecular weight is 180 g/mol. The monoisotopic (exact) mass is 180 g/mol. The molecule has 0 spiro atoms. The van der Waals surface area contributed by atoms with Crippen LogP contribution in [0.3, 0.4) is 0 Å². The lowest BCUT2D eigenvalue weighted by Gasteiger charge is -2.32. The van der Waals surface area contributed by atoms with Crippen LogP contribution in [0, 0.1) is 5.41 Å². The standard InChI is InChI=1S/C10H16N2O/c1-10(2,3)8-5-11-4-7-6-13-12-9(7)8/h6,8,11H,4-5H2,1-3H3. The summed E-state index contributed by atoms with van der Waals surface area (Å²) in [5.74, 6) is 0.468. The Kier molecular flexibility index (Phi) is 1.91. The molecule has 2 rings (SSSR count). The Hall–Kier alpha value is -0.830. The number of fused-ring (bicyclic) bond motifs is 1. The van der Waals surface area contributed by atoms with E-state index >= 15 is 0 Å². The SMILES string of the molecule is CC(C)(C)C1CNCc2conc21. The van der Waals surface area contributed by atoms with E-state index in [1.54, 1.807) is 6.26 Å². The zero-order chi connectivity index (χ0) is 9.47. The van der Waals surface area contributed by atoms with Crippen molar-refractivity contribution in [3.8, 4) is 0 Å². The summed E-state index contributed by atoms with van der Waals surface area (Å²) in [6, 6.07) is 0. The molecule has 1 N–H and O–H groups in total. The molecule has 72 valence electrons. The minimum atomic E-state index is 0.249. The normalized spacial score (nSPS) is 22.8. The Morgan fingerprint density at radius 1 is 1.54 bits per heavy atom. The lowest BCUT2D eigenvalue weighted by Crippen LogP contribution is -2.34. The van der Waals surface area contributed by atoms with Crippen molar-refractivity contribution in [1.29, 1.82) is 0 Å². The predicted octanol–water partition coefficient (Wildman–Crippen LogP) is 1.91. The summed E-state index contributed by atoms with van der Waals surface area (Å²) in [6.07, 6.45) is 1.75. The van der Waals surface area contributed by atoms with Crippen LogP contribution in [0.2, 0.25) is 0 Å². The van der Waals surface area contributed by atoms with Crippen LogP contribution < -0.4 is 5.32 Å². The molecule has 0 fully saturated rings. The lowest BCUT2D eigenvalue weighted by atomic mass is 9.76. The van der Waals surface area contributed by atoms with Gasteiger partial charge in [0.1, 0.15) is 6.26 Å². The summed E-state index contributed by atoms with van der Waals surface area (Å²) >= 11 is 0. The smallest absolute Gasteiger partial charge is 0.128 e. The molecule has 0 aliphatic carbocycles. The highest BCUT2D eigenvalue weighted by molar-refractivity contribution is 5.23. The van der Waals surface area contributed by atoms with Gasteiger partial charge in [0, 0.05) is 24.6 Å². The molecule has 0 radical (unpaired) electrons. The van der Waals surface area contributed by atoms with E-state index < -0.39 is 0 Å². The Labute approximate surface area is 78.5 Å². The number of hydrogen-bond donors (Lipinski definition) is 1. The van der Waals surface area contributed by atoms with Crippen molar-refractivity contribution < 1.29 is 4.52 Å². The highest BCUT2D eigenvalue weighted by Gasteiger charge is 2.32. The predicted molar refractivity (Wildman–Crippen MR) is 50.4 cm³/mol. The van der Waals surface area contributed by atoms with E-state index in [-0.39, 0.29) is 5.41 Å². The summed E-state index contributed by atoms with van der Waals surface area (Å²) in [5, 5.41) is 7.47. The summed E-state index contributed by atoms with van der Waals surface area (Å²) in [6.45, 7) is 8.61. The third kappa shape index (κ3) is 1.48. The molecule has 3 nitrogen and oxygen atoms in total. The molecule has 1 aromatic heterocycles. The van der Waals surface area contributed by atoms with Crippen LogP contribution in [0.4, 0.5) is 0 Å². The number of nitrogens with zero attached hydrogens (tertiary/aromatic N) is 1. The number of nitrogens with one attached hydrogen (secondary N) is 1. The molecular formula is C10H16N2O. The molecule has 1 unspecified atom stereocenters. The van der Waals surface area contributed by atoms with Gasteiger partial charge in [0.15, 0.2) is 0 Å². The molecule has 0 saturated carbocycles. The van der Waals surface area contributed by atoms with E-state index in [9.17, 15) is 0 Å². The molecule has 1 aliphatic rings. The van der Waals surface area contributed by atoms with Crippen LogP contribution in [0.5, 0.6) is 0 Å². The van der Waals surface area contributed by atoms with Crippen LogP contribution >= 0.6 is 0 Å². The first-order valence-corrected chi connectivity index (χ1v) is 4.73. The summed E-state index contributed by atoms with van der Waals surface area (Å²) in [5.41, 5.74) is 2.61. The zero-order valence-electron chi connectivity index (χ0n) is 8.42. The molecule has 0 saturated heterocycles. The third-order valence-corrected chi connectivity index (χ3v) is 2.71. The first kappa shape index (κ1) is 8.75. The van der Waals surface area contributed by atoms with Crippen LogP contribution in [0.1, 0.15) is 37.9 Å². The fourth-order valence-electron chi connectivity index (χ4n) is 1.85. The van der Waals surface area contributed by atoms with Crippen molar-refractivity contribution in [2.24, 2.45) is 5.41 Å². The Balaban J connectivity index is 2.35. The zero-order valence-corrected chi connectivity index (χ0v) is 8.42. The third-order valence-electron chi connectivity index (χ3n) is 2.71. The van der Waals surface area contributed by atoms with Gasteiger partial charge in [-0.2, -0.15) is 0 Å². The minimum absolute atomic E-state index is 0.249. The summed E-state index contributed by atoms with van der Waals surface area (Å²) in [4.78, 5) is 0. The van der Waals surface area contributed by atoms with Crippen LogP contribution in [-0.2, 0) is 6.54 Å². The van der Waals surface area contributed by atoms with Crippen molar-refractivity contribution in [3.05, 3.63) is 17.5 Å². The second-order valence-electron chi connectivity index (χ2n) is 4.77. The van der Waals surface area contributed by atoms with E-state index in [0.717, 1.165) is 18.8 Å². The molecule has 1 aliphatic heterocycles. The second kappa shape index (κ2) is 2.84. The fraction of sp³-hybridized carbons (Fsp3) is 0.700. The van der Waals surface area contributed by atoms with E-state index in [1.807, 2.05) is 0 Å². The fourth-order valence-corrected chi connectivity index (χ4v) is 1.85. The van der Waals surface area contributed by atoms with Gasteiger partial charge in [-0.25, -0.2) is 0 Å². The number of aromatic nitrogens is 1. The largest absolute Gasteiger partial charge is 0.364 e. The first-order chi connectivity index (χ1) is 6.09. The van der Waals surface area contributed by atoms with Gasteiger partial charge in [0.05, 0.1) is 5.69 Å². The van der Waals surface area contributed by atoms with Crippen molar-refractivity contribution in [2.75, 3.05) is 6.54 Å². The average Bonchev–Trinajstić information content (AvgIpc) is 2.48. The van der Waals surface area contributed by atoms with Gasteiger partial charge in [0.25, 0.3) is 0 Å². The van der Waals surface area contributed by atoms with Gasteiger partial charge >= 0.3 is 0 Å². The van der Waals surface area contributed by atoms with E-state index in [2.05, 4.69) is 31.2 Å². The molecule has 1 aromatic rings. The van der Waals surface area contributed by atoms with E-state index in [4.69, 9.17) is 4.52 Å². The van der Waals surface area contributed by atoms with Gasteiger partial charge in [-0.15, -0.1) is 0 Å². The van der Waals surface area contributed by atoms with E-state index in [0.29, 0.717) is 5.92 Å². The van der Waals surface area contributed by atoms with Gasteiger partial charge < -0.3 is 9.84 Å². The van der Waals surface area contributed by atoms with Gasteiger partial charge in [-0.05, 0) is 5.41 Å². The van der Waals surface area contributed by atoms with Crippen LogP contribution in [-0.4, -0.2) is 11.7 Å². The second-order valence-corrected chi connectivity index (χ2v) is 4.77. The van der Waals surface area contributed by atoms with Crippen molar-refractivity contribution in [2.45, 2.75) is 33.2 Å². The van der Waals surface area contributed by atoms with Gasteiger partial charge in [-0.3, -0.25) is 0 Å². The Morgan fingerprint density at radius 3 is 3.00 bits per heavy atom. The Bertz CT molecular complexity index is 298. The molecule has 0 amide bonds. The molecule has 2 heterocycles. The molecule has 3 heteroatoms. The maximum atomic E-state index is 5.00.